The molecule has 3 N–H and O–H groups in total. The quantitative estimate of drug-likeness (QED) is 0.517. The second-order valence-electron chi connectivity index (χ2n) is 4.96. The van der Waals surface area contributed by atoms with Crippen molar-refractivity contribution in [1.82, 2.24) is 15.0 Å². The summed E-state index contributed by atoms with van der Waals surface area (Å²) in [5.41, 5.74) is 4.37. The lowest BCUT2D eigenvalue weighted by molar-refractivity contribution is 1.11. The molecule has 2 aromatic carbocycles. The summed E-state index contributed by atoms with van der Waals surface area (Å²) in [6, 6.07) is 14.3. The normalized spacial score (nSPS) is 11.3. The van der Waals surface area contributed by atoms with E-state index in [1.165, 1.54) is 10.9 Å². The van der Waals surface area contributed by atoms with E-state index < -0.39 is 0 Å². The number of hydrogen-bond acceptors (Lipinski definition) is 2. The van der Waals surface area contributed by atoms with Crippen molar-refractivity contribution in [3.63, 3.8) is 0 Å². The first kappa shape index (κ1) is 12.5. The first-order valence-electron chi connectivity index (χ1n) is 6.74. The van der Waals surface area contributed by atoms with Gasteiger partial charge in [-0.3, -0.25) is 0 Å². The van der Waals surface area contributed by atoms with Crippen molar-refractivity contribution < 1.29 is 0 Å². The molecule has 0 aliphatic rings. The third kappa shape index (κ3) is 2.29. The molecule has 2 heterocycles. The van der Waals surface area contributed by atoms with Crippen molar-refractivity contribution in [2.75, 3.05) is 5.32 Å². The number of imidazole rings is 1. The highest BCUT2D eigenvalue weighted by Gasteiger charge is 2.06. The average molecular weight is 341 g/mol. The lowest BCUT2D eigenvalue weighted by Gasteiger charge is -2.01. The monoisotopic (exact) mass is 340 g/mol. The third-order valence-corrected chi connectivity index (χ3v) is 4.06. The molecule has 0 fully saturated rings. The Morgan fingerprint density at radius 3 is 2.90 bits per heavy atom. The molecule has 21 heavy (non-hydrogen) atoms. The summed E-state index contributed by atoms with van der Waals surface area (Å²) in [5.74, 6) is 0.792. The highest BCUT2D eigenvalue weighted by molar-refractivity contribution is 9.10. The Hall–Kier alpha value is -2.27. The van der Waals surface area contributed by atoms with Crippen LogP contribution >= 0.6 is 15.9 Å². The second-order valence-corrected chi connectivity index (χ2v) is 5.88. The Balaban J connectivity index is 1.61. The smallest absolute Gasteiger partial charge is 0.201 e. The van der Waals surface area contributed by atoms with Gasteiger partial charge >= 0.3 is 0 Å². The van der Waals surface area contributed by atoms with Gasteiger partial charge in [-0.05, 0) is 35.9 Å². The van der Waals surface area contributed by atoms with Gasteiger partial charge in [-0.1, -0.05) is 28.1 Å². The molecule has 5 heteroatoms. The van der Waals surface area contributed by atoms with E-state index in [9.17, 15) is 0 Å². The van der Waals surface area contributed by atoms with Crippen LogP contribution in [0.15, 0.2) is 53.1 Å². The highest BCUT2D eigenvalue weighted by atomic mass is 79.9. The molecule has 4 aromatic rings. The number of fused-ring (bicyclic) bond motifs is 2. The third-order valence-electron chi connectivity index (χ3n) is 3.57. The van der Waals surface area contributed by atoms with E-state index >= 15 is 0 Å². The molecule has 0 radical (unpaired) electrons. The van der Waals surface area contributed by atoms with E-state index in [4.69, 9.17) is 0 Å². The highest BCUT2D eigenvalue weighted by Crippen LogP contribution is 2.23. The summed E-state index contributed by atoms with van der Waals surface area (Å²) in [7, 11) is 0. The molecule has 4 rings (SSSR count). The SMILES string of the molecule is Brc1ccc2[nH]cc(CNc3nc4ccccc4[nH]3)c2c1. The molecule has 2 aromatic heterocycles. The summed E-state index contributed by atoms with van der Waals surface area (Å²) >= 11 is 3.52. The molecule has 0 atom stereocenters. The summed E-state index contributed by atoms with van der Waals surface area (Å²) in [4.78, 5) is 11.1. The van der Waals surface area contributed by atoms with Gasteiger partial charge in [0.05, 0.1) is 11.0 Å². The molecule has 0 saturated heterocycles. The molecule has 0 spiro atoms. The van der Waals surface area contributed by atoms with Gasteiger partial charge in [-0.25, -0.2) is 4.98 Å². The van der Waals surface area contributed by atoms with E-state index in [0.29, 0.717) is 0 Å². The van der Waals surface area contributed by atoms with Crippen LogP contribution in [0.5, 0.6) is 0 Å². The fraction of sp³-hybridized carbons (Fsp3) is 0.0625. The van der Waals surface area contributed by atoms with Crippen LogP contribution in [0.3, 0.4) is 0 Å². The molecular weight excluding hydrogens is 328 g/mol. The van der Waals surface area contributed by atoms with E-state index in [2.05, 4.69) is 48.3 Å². The Labute approximate surface area is 129 Å². The van der Waals surface area contributed by atoms with Crippen molar-refractivity contribution in [2.24, 2.45) is 0 Å². The van der Waals surface area contributed by atoms with Gasteiger partial charge in [-0.2, -0.15) is 0 Å². The maximum absolute atomic E-state index is 4.52. The first-order chi connectivity index (χ1) is 10.3. The maximum Gasteiger partial charge on any atom is 0.201 e. The predicted octanol–water partition coefficient (Wildman–Crippen LogP) is 4.42. The lowest BCUT2D eigenvalue weighted by Crippen LogP contribution is -2.00. The van der Waals surface area contributed by atoms with Gasteiger partial charge < -0.3 is 15.3 Å². The van der Waals surface area contributed by atoms with Crippen LogP contribution in [0.4, 0.5) is 5.95 Å². The number of anilines is 1. The van der Waals surface area contributed by atoms with Crippen molar-refractivity contribution in [3.8, 4) is 0 Å². The molecular formula is C16H13BrN4. The molecule has 0 aliphatic heterocycles. The molecule has 104 valence electrons. The van der Waals surface area contributed by atoms with Gasteiger partial charge in [-0.15, -0.1) is 0 Å². The topological polar surface area (TPSA) is 56.5 Å². The number of nitrogens with one attached hydrogen (secondary N) is 3. The Morgan fingerprint density at radius 1 is 1.10 bits per heavy atom. The number of hydrogen-bond donors (Lipinski definition) is 3. The summed E-state index contributed by atoms with van der Waals surface area (Å²) in [6.07, 6.45) is 2.03. The number of para-hydroxylation sites is 2. The number of halogens is 1. The minimum Gasteiger partial charge on any atom is -0.361 e. The number of benzene rings is 2. The van der Waals surface area contributed by atoms with Gasteiger partial charge in [0.2, 0.25) is 5.95 Å². The zero-order valence-electron chi connectivity index (χ0n) is 11.2. The van der Waals surface area contributed by atoms with Crippen LogP contribution in [0.2, 0.25) is 0 Å². The van der Waals surface area contributed by atoms with Crippen LogP contribution in [0.1, 0.15) is 5.56 Å². The predicted molar refractivity (Wildman–Crippen MR) is 89.4 cm³/mol. The van der Waals surface area contributed by atoms with Crippen LogP contribution in [0.25, 0.3) is 21.9 Å². The maximum atomic E-state index is 4.52. The van der Waals surface area contributed by atoms with E-state index in [-0.39, 0.29) is 0 Å². The van der Waals surface area contributed by atoms with Crippen LogP contribution in [0, 0.1) is 0 Å². The van der Waals surface area contributed by atoms with E-state index in [1.807, 2.05) is 36.5 Å². The standard InChI is InChI=1S/C16H13BrN4/c17-11-5-6-13-12(7-11)10(8-18-13)9-19-16-20-14-3-1-2-4-15(14)21-16/h1-8,18H,9H2,(H2,19,20,21). The summed E-state index contributed by atoms with van der Waals surface area (Å²) in [5, 5.41) is 4.56. The van der Waals surface area contributed by atoms with E-state index in [0.717, 1.165) is 33.5 Å². The van der Waals surface area contributed by atoms with Crippen molar-refractivity contribution in [3.05, 3.63) is 58.7 Å². The van der Waals surface area contributed by atoms with Crippen molar-refractivity contribution >= 4 is 43.8 Å². The largest absolute Gasteiger partial charge is 0.361 e. The van der Waals surface area contributed by atoms with Crippen LogP contribution in [-0.4, -0.2) is 15.0 Å². The van der Waals surface area contributed by atoms with Gasteiger partial charge in [0.25, 0.3) is 0 Å². The zero-order chi connectivity index (χ0) is 14.2. The van der Waals surface area contributed by atoms with E-state index in [1.54, 1.807) is 0 Å². The lowest BCUT2D eigenvalue weighted by atomic mass is 10.2. The molecule has 0 aliphatic carbocycles. The Morgan fingerprint density at radius 2 is 2.00 bits per heavy atom. The number of nitrogens with zero attached hydrogens (tertiary/aromatic N) is 1. The minimum absolute atomic E-state index is 0.719. The summed E-state index contributed by atoms with van der Waals surface area (Å²) < 4.78 is 1.08. The number of aromatic nitrogens is 3. The number of aromatic amines is 2. The molecule has 0 saturated carbocycles. The Bertz CT molecular complexity index is 889. The first-order valence-corrected chi connectivity index (χ1v) is 7.53. The number of rotatable bonds is 3. The van der Waals surface area contributed by atoms with Crippen LogP contribution < -0.4 is 5.32 Å². The van der Waals surface area contributed by atoms with Gasteiger partial charge in [0.1, 0.15) is 0 Å². The Kier molecular flexibility index (Phi) is 2.93. The fourth-order valence-corrected chi connectivity index (χ4v) is 2.87. The molecule has 0 unspecified atom stereocenters. The second kappa shape index (κ2) is 4.93. The fourth-order valence-electron chi connectivity index (χ4n) is 2.51. The van der Waals surface area contributed by atoms with Gasteiger partial charge in [0, 0.05) is 28.1 Å². The summed E-state index contributed by atoms with van der Waals surface area (Å²) in [6.45, 7) is 0.719. The molecule has 0 bridgehead atoms. The minimum atomic E-state index is 0.719. The average Bonchev–Trinajstić information content (AvgIpc) is 3.07. The number of H-pyrrole nitrogens is 2. The van der Waals surface area contributed by atoms with Crippen molar-refractivity contribution in [1.29, 1.82) is 0 Å². The van der Waals surface area contributed by atoms with Crippen molar-refractivity contribution in [2.45, 2.75) is 6.54 Å². The molecule has 4 nitrogen and oxygen atoms in total. The molecule has 0 amide bonds. The van der Waals surface area contributed by atoms with Gasteiger partial charge in [0.15, 0.2) is 0 Å². The zero-order valence-corrected chi connectivity index (χ0v) is 12.7. The van der Waals surface area contributed by atoms with Crippen LogP contribution in [-0.2, 0) is 6.54 Å².